The first kappa shape index (κ1) is 20.3. The fourth-order valence-electron chi connectivity index (χ4n) is 5.01. The summed E-state index contributed by atoms with van der Waals surface area (Å²) < 4.78 is 2.26. The van der Waals surface area contributed by atoms with E-state index in [4.69, 9.17) is 4.98 Å². The molecular formula is C25H32N4O2. The Balaban J connectivity index is 1.32. The molecule has 1 atom stereocenters. The number of aromatic nitrogens is 2. The molecule has 5 rings (SSSR count). The highest BCUT2D eigenvalue weighted by atomic mass is 16.2. The number of piperidine rings is 1. The van der Waals surface area contributed by atoms with Crippen LogP contribution in [-0.4, -0.2) is 50.8 Å². The minimum atomic E-state index is -0.0734. The fraction of sp³-hybridized carbons (Fsp3) is 0.560. The van der Waals surface area contributed by atoms with Crippen LogP contribution in [0.1, 0.15) is 50.4 Å². The molecule has 2 aliphatic heterocycles. The summed E-state index contributed by atoms with van der Waals surface area (Å²) in [5, 5.41) is 0. The Hall–Kier alpha value is -2.63. The topological polar surface area (TPSA) is 58.4 Å². The van der Waals surface area contributed by atoms with Crippen molar-refractivity contribution in [2.75, 3.05) is 19.6 Å². The Bertz CT molecular complexity index is 956. The maximum Gasteiger partial charge on any atom is 0.227 e. The highest BCUT2D eigenvalue weighted by molar-refractivity contribution is 5.81. The van der Waals surface area contributed by atoms with Crippen LogP contribution in [0, 0.1) is 11.8 Å². The molecule has 6 nitrogen and oxygen atoms in total. The molecule has 31 heavy (non-hydrogen) atoms. The molecule has 164 valence electrons. The number of carbonyl (C=O) groups excluding carboxylic acids is 2. The second-order valence-electron chi connectivity index (χ2n) is 9.51. The van der Waals surface area contributed by atoms with Crippen molar-refractivity contribution in [3.8, 4) is 11.3 Å². The lowest BCUT2D eigenvalue weighted by Crippen LogP contribution is -2.46. The van der Waals surface area contributed by atoms with Gasteiger partial charge in [-0.05, 0) is 49.7 Å². The monoisotopic (exact) mass is 420 g/mol. The van der Waals surface area contributed by atoms with Crippen molar-refractivity contribution in [2.24, 2.45) is 11.8 Å². The number of fused-ring (bicyclic) bond motifs is 1. The Kier molecular flexibility index (Phi) is 5.55. The third kappa shape index (κ3) is 4.53. The zero-order valence-electron chi connectivity index (χ0n) is 18.4. The van der Waals surface area contributed by atoms with E-state index < -0.39 is 0 Å². The first-order chi connectivity index (χ1) is 15.1. The van der Waals surface area contributed by atoms with Crippen LogP contribution in [0.3, 0.4) is 0 Å². The molecule has 1 saturated heterocycles. The minimum absolute atomic E-state index is 0.0734. The van der Waals surface area contributed by atoms with Gasteiger partial charge in [0.25, 0.3) is 0 Å². The lowest BCUT2D eigenvalue weighted by molar-refractivity contribution is -0.140. The molecule has 1 aromatic carbocycles. The number of aryl methyl sites for hydroxylation is 2. The lowest BCUT2D eigenvalue weighted by atomic mass is 9.96. The number of likely N-dealkylation sites (tertiary alicyclic amines) is 1. The van der Waals surface area contributed by atoms with Gasteiger partial charge in [0, 0.05) is 57.8 Å². The molecule has 2 amide bonds. The predicted molar refractivity (Wildman–Crippen MR) is 119 cm³/mol. The molecule has 2 aromatic rings. The van der Waals surface area contributed by atoms with E-state index in [2.05, 4.69) is 39.9 Å². The second-order valence-corrected chi connectivity index (χ2v) is 9.51. The maximum atomic E-state index is 13.5. The number of amides is 2. The number of hydrogen-bond donors (Lipinski definition) is 0. The quantitative estimate of drug-likeness (QED) is 0.719. The molecule has 0 bridgehead atoms. The van der Waals surface area contributed by atoms with Crippen LogP contribution in [-0.2, 0) is 29.1 Å². The Morgan fingerprint density at radius 1 is 1.16 bits per heavy atom. The normalized spacial score (nSPS) is 20.5. The van der Waals surface area contributed by atoms with Crippen LogP contribution in [0.15, 0.2) is 30.5 Å². The molecule has 1 aromatic heterocycles. The smallest absolute Gasteiger partial charge is 0.227 e. The van der Waals surface area contributed by atoms with Gasteiger partial charge >= 0.3 is 0 Å². The molecular weight excluding hydrogens is 388 g/mol. The molecule has 3 aliphatic rings. The standard InChI is InChI=1S/C25H32N4O2/c1-18(30)27-11-3-7-22(16-27)25(31)29(14-19-9-10-19)15-20-5-2-6-21(13-20)23-17-28-12-4-8-24(28)26-23/h2,5-6,13,17,19,22H,3-4,7-12,14-16H2,1H3. The summed E-state index contributed by atoms with van der Waals surface area (Å²) in [6.07, 6.45) is 8.62. The molecule has 0 spiro atoms. The van der Waals surface area contributed by atoms with Crippen molar-refractivity contribution in [3.05, 3.63) is 41.9 Å². The van der Waals surface area contributed by atoms with Gasteiger partial charge in [0.2, 0.25) is 11.8 Å². The summed E-state index contributed by atoms with van der Waals surface area (Å²) in [7, 11) is 0. The van der Waals surface area contributed by atoms with Crippen LogP contribution >= 0.6 is 0 Å². The van der Waals surface area contributed by atoms with Crippen LogP contribution in [0.4, 0.5) is 0 Å². The van der Waals surface area contributed by atoms with Crippen molar-refractivity contribution in [1.29, 1.82) is 0 Å². The molecule has 3 heterocycles. The van der Waals surface area contributed by atoms with Crippen molar-refractivity contribution in [1.82, 2.24) is 19.4 Å². The van der Waals surface area contributed by atoms with Gasteiger partial charge < -0.3 is 14.4 Å². The van der Waals surface area contributed by atoms with Crippen molar-refractivity contribution >= 4 is 11.8 Å². The third-order valence-corrected chi connectivity index (χ3v) is 6.96. The van der Waals surface area contributed by atoms with Gasteiger partial charge in [-0.1, -0.05) is 18.2 Å². The molecule has 1 saturated carbocycles. The average Bonchev–Trinajstić information content (AvgIpc) is 3.33. The Morgan fingerprint density at radius 2 is 2.03 bits per heavy atom. The number of hydrogen-bond acceptors (Lipinski definition) is 3. The van der Waals surface area contributed by atoms with Gasteiger partial charge in [-0.2, -0.15) is 0 Å². The van der Waals surface area contributed by atoms with E-state index in [9.17, 15) is 9.59 Å². The van der Waals surface area contributed by atoms with Gasteiger partial charge in [0.05, 0.1) is 11.6 Å². The van der Waals surface area contributed by atoms with E-state index >= 15 is 0 Å². The highest BCUT2D eigenvalue weighted by Gasteiger charge is 2.33. The van der Waals surface area contributed by atoms with Crippen LogP contribution < -0.4 is 0 Å². The summed E-state index contributed by atoms with van der Waals surface area (Å²) >= 11 is 0. The number of nitrogens with zero attached hydrogens (tertiary/aromatic N) is 4. The average molecular weight is 421 g/mol. The summed E-state index contributed by atoms with van der Waals surface area (Å²) in [6.45, 7) is 5.47. The zero-order valence-corrected chi connectivity index (χ0v) is 18.4. The van der Waals surface area contributed by atoms with Crippen molar-refractivity contribution in [2.45, 2.75) is 58.5 Å². The predicted octanol–water partition coefficient (Wildman–Crippen LogP) is 3.49. The summed E-state index contributed by atoms with van der Waals surface area (Å²) in [5.74, 6) is 2.03. The summed E-state index contributed by atoms with van der Waals surface area (Å²) in [5.41, 5.74) is 3.30. The molecule has 2 fully saturated rings. The first-order valence-electron chi connectivity index (χ1n) is 11.8. The van der Waals surface area contributed by atoms with Gasteiger partial charge in [-0.25, -0.2) is 4.98 Å². The van der Waals surface area contributed by atoms with Gasteiger partial charge in [0.15, 0.2) is 0 Å². The van der Waals surface area contributed by atoms with E-state index in [0.717, 1.165) is 55.7 Å². The van der Waals surface area contributed by atoms with Gasteiger partial charge in [-0.3, -0.25) is 9.59 Å². The van der Waals surface area contributed by atoms with Gasteiger partial charge in [0.1, 0.15) is 5.82 Å². The maximum absolute atomic E-state index is 13.5. The number of rotatable bonds is 6. The van der Waals surface area contributed by atoms with Crippen LogP contribution in [0.5, 0.6) is 0 Å². The van der Waals surface area contributed by atoms with Crippen molar-refractivity contribution in [3.63, 3.8) is 0 Å². The number of imidazole rings is 1. The molecule has 0 N–H and O–H groups in total. The SMILES string of the molecule is CC(=O)N1CCCC(C(=O)N(Cc2cccc(-c3cn4c(n3)CCC4)c2)CC2CC2)C1. The fourth-order valence-corrected chi connectivity index (χ4v) is 5.01. The highest BCUT2D eigenvalue weighted by Crippen LogP contribution is 2.32. The molecule has 0 radical (unpaired) electrons. The van der Waals surface area contributed by atoms with E-state index in [1.165, 1.54) is 25.1 Å². The first-order valence-corrected chi connectivity index (χ1v) is 11.8. The van der Waals surface area contributed by atoms with Crippen molar-refractivity contribution < 1.29 is 9.59 Å². The summed E-state index contributed by atoms with van der Waals surface area (Å²) in [6, 6.07) is 8.49. The number of benzene rings is 1. The lowest BCUT2D eigenvalue weighted by Gasteiger charge is -2.34. The molecule has 1 unspecified atom stereocenters. The van der Waals surface area contributed by atoms with Gasteiger partial charge in [-0.15, -0.1) is 0 Å². The van der Waals surface area contributed by atoms with Crippen LogP contribution in [0.2, 0.25) is 0 Å². The zero-order chi connectivity index (χ0) is 21.4. The third-order valence-electron chi connectivity index (χ3n) is 6.96. The number of carbonyl (C=O) groups is 2. The molecule has 1 aliphatic carbocycles. The summed E-state index contributed by atoms with van der Waals surface area (Å²) in [4.78, 5) is 34.0. The van der Waals surface area contributed by atoms with E-state index in [-0.39, 0.29) is 17.7 Å². The Morgan fingerprint density at radius 3 is 2.81 bits per heavy atom. The largest absolute Gasteiger partial charge is 0.342 e. The molecule has 6 heteroatoms. The van der Waals surface area contributed by atoms with Crippen LogP contribution in [0.25, 0.3) is 11.3 Å². The van der Waals surface area contributed by atoms with E-state index in [0.29, 0.717) is 19.0 Å². The second kappa shape index (κ2) is 8.48. The Labute approximate surface area is 184 Å². The minimum Gasteiger partial charge on any atom is -0.342 e. The van der Waals surface area contributed by atoms with E-state index in [1.54, 1.807) is 6.92 Å². The van der Waals surface area contributed by atoms with E-state index in [1.807, 2.05) is 4.90 Å².